The zero-order valence-corrected chi connectivity index (χ0v) is 17.7. The van der Waals surface area contributed by atoms with Crippen LogP contribution in [0.2, 0.25) is 5.02 Å². The monoisotopic (exact) mass is 396 g/mol. The maximum Gasteiger partial charge on any atom is 0.200 e. The van der Waals surface area contributed by atoms with Gasteiger partial charge in [0, 0.05) is 36.9 Å². The van der Waals surface area contributed by atoms with Crippen LogP contribution in [0, 0.1) is 25.2 Å². The molecule has 2 aromatic carbocycles. The molecule has 0 radical (unpaired) electrons. The second-order valence-corrected chi connectivity index (χ2v) is 7.19. The summed E-state index contributed by atoms with van der Waals surface area (Å²) in [6.45, 7) is 6.69. The molecule has 0 heterocycles. The average Bonchev–Trinajstić information content (AvgIpc) is 2.68. The lowest BCUT2D eigenvalue weighted by molar-refractivity contribution is 0.0978. The van der Waals surface area contributed by atoms with Gasteiger partial charge in [-0.2, -0.15) is 5.26 Å². The molecule has 0 bridgehead atoms. The highest BCUT2D eigenvalue weighted by atomic mass is 35.5. The summed E-state index contributed by atoms with van der Waals surface area (Å²) < 4.78 is 0. The van der Waals surface area contributed by atoms with Gasteiger partial charge in [0.2, 0.25) is 0 Å². The van der Waals surface area contributed by atoms with Gasteiger partial charge in [-0.1, -0.05) is 11.6 Å². The minimum Gasteiger partial charge on any atom is -0.366 e. The smallest absolute Gasteiger partial charge is 0.200 e. The molecule has 6 heteroatoms. The van der Waals surface area contributed by atoms with Gasteiger partial charge in [-0.15, -0.1) is 0 Å². The van der Waals surface area contributed by atoms with Gasteiger partial charge in [-0.25, -0.2) is 4.99 Å². The molecule has 0 N–H and O–H groups in total. The number of nitrogens with zero attached hydrogens (tertiary/aromatic N) is 4. The van der Waals surface area contributed by atoms with E-state index >= 15 is 0 Å². The van der Waals surface area contributed by atoms with Crippen molar-refractivity contribution >= 4 is 35.1 Å². The minimum atomic E-state index is -0.931. The standard InChI is InChI=1S/C22H25ClN4O/c1-6-26(4)14-25-20-12-15(2)19(11-16(20)3)22(28)21(13-24)27(5)18-9-7-17(23)8-10-18/h7-12,14,21H,6H2,1-5H3. The molecule has 0 aromatic heterocycles. The first kappa shape index (κ1) is 21.5. The Bertz CT molecular complexity index is 915. The van der Waals surface area contributed by atoms with Crippen molar-refractivity contribution in [3.63, 3.8) is 0 Å². The molecule has 0 saturated heterocycles. The van der Waals surface area contributed by atoms with Crippen LogP contribution in [-0.4, -0.2) is 43.7 Å². The van der Waals surface area contributed by atoms with Gasteiger partial charge in [-0.05, 0) is 68.3 Å². The van der Waals surface area contributed by atoms with Gasteiger partial charge < -0.3 is 9.80 Å². The Morgan fingerprint density at radius 2 is 1.86 bits per heavy atom. The number of hydrogen-bond donors (Lipinski definition) is 0. The van der Waals surface area contributed by atoms with E-state index in [1.54, 1.807) is 42.6 Å². The first-order chi connectivity index (χ1) is 13.3. The molecule has 0 fully saturated rings. The van der Waals surface area contributed by atoms with Crippen molar-refractivity contribution in [2.75, 3.05) is 25.5 Å². The topological polar surface area (TPSA) is 59.7 Å². The Labute approximate surface area is 171 Å². The Kier molecular flexibility index (Phi) is 7.19. The van der Waals surface area contributed by atoms with Crippen LogP contribution in [0.15, 0.2) is 41.4 Å². The zero-order valence-electron chi connectivity index (χ0n) is 16.9. The lowest BCUT2D eigenvalue weighted by Gasteiger charge is -2.24. The second-order valence-electron chi connectivity index (χ2n) is 6.75. The predicted octanol–water partition coefficient (Wildman–Crippen LogP) is 4.78. The van der Waals surface area contributed by atoms with Crippen LogP contribution in [0.1, 0.15) is 28.4 Å². The number of benzene rings is 2. The van der Waals surface area contributed by atoms with E-state index in [4.69, 9.17) is 11.6 Å². The van der Waals surface area contributed by atoms with Crippen molar-refractivity contribution in [2.24, 2.45) is 4.99 Å². The molecule has 146 valence electrons. The SMILES string of the molecule is CCN(C)C=Nc1cc(C)c(C(=O)C(C#N)N(C)c2ccc(Cl)cc2)cc1C. The molecule has 2 aromatic rings. The maximum absolute atomic E-state index is 13.1. The summed E-state index contributed by atoms with van der Waals surface area (Å²) in [7, 11) is 3.68. The van der Waals surface area contributed by atoms with Crippen molar-refractivity contribution in [2.45, 2.75) is 26.8 Å². The molecule has 1 atom stereocenters. The van der Waals surface area contributed by atoms with Crippen LogP contribution in [0.5, 0.6) is 0 Å². The Morgan fingerprint density at radius 1 is 1.21 bits per heavy atom. The number of carbonyl (C=O) groups excluding carboxylic acids is 1. The molecule has 0 amide bonds. The normalized spacial score (nSPS) is 11.9. The zero-order chi connectivity index (χ0) is 20.8. The molecule has 0 aliphatic carbocycles. The van der Waals surface area contributed by atoms with Gasteiger partial charge in [0.05, 0.1) is 18.1 Å². The molecule has 1 unspecified atom stereocenters. The fourth-order valence-electron chi connectivity index (χ4n) is 2.74. The fraction of sp³-hybridized carbons (Fsp3) is 0.318. The van der Waals surface area contributed by atoms with Crippen molar-refractivity contribution in [1.29, 1.82) is 5.26 Å². The number of ketones is 1. The largest absolute Gasteiger partial charge is 0.366 e. The Hall–Kier alpha value is -2.84. The molecule has 0 aliphatic rings. The molecule has 0 aliphatic heterocycles. The van der Waals surface area contributed by atoms with Gasteiger partial charge in [-0.3, -0.25) is 4.79 Å². The summed E-state index contributed by atoms with van der Waals surface area (Å²) in [5, 5.41) is 10.3. The lowest BCUT2D eigenvalue weighted by Crippen LogP contribution is -2.37. The number of Topliss-reactive ketones (excluding diaryl/α,β-unsaturated/α-hetero) is 1. The summed E-state index contributed by atoms with van der Waals surface area (Å²) in [6.07, 6.45) is 1.77. The first-order valence-electron chi connectivity index (χ1n) is 9.06. The number of halogens is 1. The van der Waals surface area contributed by atoms with E-state index in [2.05, 4.69) is 11.1 Å². The molecule has 28 heavy (non-hydrogen) atoms. The minimum absolute atomic E-state index is 0.234. The number of hydrogen-bond acceptors (Lipinski definition) is 4. The van der Waals surface area contributed by atoms with Crippen molar-refractivity contribution in [3.8, 4) is 6.07 Å². The highest BCUT2D eigenvalue weighted by molar-refractivity contribution is 6.30. The van der Waals surface area contributed by atoms with E-state index in [1.807, 2.05) is 44.9 Å². The summed E-state index contributed by atoms with van der Waals surface area (Å²) in [5.74, 6) is -0.234. The van der Waals surface area contributed by atoms with Crippen LogP contribution < -0.4 is 4.90 Å². The highest BCUT2D eigenvalue weighted by Crippen LogP contribution is 2.26. The van der Waals surface area contributed by atoms with Gasteiger partial charge >= 0.3 is 0 Å². The fourth-order valence-corrected chi connectivity index (χ4v) is 2.87. The van der Waals surface area contributed by atoms with Crippen LogP contribution in [0.25, 0.3) is 0 Å². The maximum atomic E-state index is 13.1. The number of anilines is 1. The third kappa shape index (κ3) is 4.90. The van der Waals surface area contributed by atoms with E-state index < -0.39 is 6.04 Å². The third-order valence-corrected chi connectivity index (χ3v) is 4.94. The van der Waals surface area contributed by atoms with Crippen molar-refractivity contribution in [3.05, 3.63) is 58.1 Å². The Balaban J connectivity index is 2.33. The third-order valence-electron chi connectivity index (χ3n) is 4.69. The van der Waals surface area contributed by atoms with E-state index in [0.717, 1.165) is 29.0 Å². The number of aliphatic imine (C=N–C) groups is 1. The van der Waals surface area contributed by atoms with Crippen LogP contribution >= 0.6 is 11.6 Å². The van der Waals surface area contributed by atoms with Gasteiger partial charge in [0.1, 0.15) is 0 Å². The van der Waals surface area contributed by atoms with Crippen molar-refractivity contribution < 1.29 is 4.79 Å². The van der Waals surface area contributed by atoms with Crippen LogP contribution in [-0.2, 0) is 0 Å². The number of carbonyl (C=O) groups is 1. The first-order valence-corrected chi connectivity index (χ1v) is 9.44. The van der Waals surface area contributed by atoms with Gasteiger partial charge in [0.15, 0.2) is 11.8 Å². The van der Waals surface area contributed by atoms with Crippen LogP contribution in [0.4, 0.5) is 11.4 Å². The molecule has 5 nitrogen and oxygen atoms in total. The predicted molar refractivity (Wildman–Crippen MR) is 116 cm³/mol. The van der Waals surface area contributed by atoms with E-state index in [0.29, 0.717) is 10.6 Å². The van der Waals surface area contributed by atoms with E-state index in [1.165, 1.54) is 0 Å². The lowest BCUT2D eigenvalue weighted by atomic mass is 9.96. The summed E-state index contributed by atoms with van der Waals surface area (Å²) in [4.78, 5) is 21.2. The molecule has 0 spiro atoms. The van der Waals surface area contributed by atoms with Crippen LogP contribution in [0.3, 0.4) is 0 Å². The molecule has 0 saturated carbocycles. The summed E-state index contributed by atoms with van der Waals surface area (Å²) in [5.41, 5.74) is 3.79. The second kappa shape index (κ2) is 9.38. The molecule has 2 rings (SSSR count). The quantitative estimate of drug-likeness (QED) is 0.384. The van der Waals surface area contributed by atoms with E-state index in [-0.39, 0.29) is 5.78 Å². The highest BCUT2D eigenvalue weighted by Gasteiger charge is 2.26. The number of rotatable bonds is 7. The summed E-state index contributed by atoms with van der Waals surface area (Å²) in [6, 6.07) is 12.0. The number of aryl methyl sites for hydroxylation is 2. The number of nitriles is 1. The number of likely N-dealkylation sites (N-methyl/N-ethyl adjacent to an activating group) is 1. The Morgan fingerprint density at radius 3 is 2.43 bits per heavy atom. The van der Waals surface area contributed by atoms with E-state index in [9.17, 15) is 10.1 Å². The van der Waals surface area contributed by atoms with Crippen molar-refractivity contribution in [1.82, 2.24) is 4.90 Å². The average molecular weight is 397 g/mol. The molecular formula is C22H25ClN4O. The van der Waals surface area contributed by atoms with Gasteiger partial charge in [0.25, 0.3) is 0 Å². The molecular weight excluding hydrogens is 372 g/mol. The summed E-state index contributed by atoms with van der Waals surface area (Å²) >= 11 is 5.93.